The summed E-state index contributed by atoms with van der Waals surface area (Å²) in [5, 5.41) is 105. The molecule has 5 fully saturated rings. The van der Waals surface area contributed by atoms with Crippen LogP contribution in [0.4, 0.5) is 33.5 Å². The molecular formula is C79H126BrFN25O15P5. The number of aryl methyl sites for hydroxylation is 3. The van der Waals surface area contributed by atoms with E-state index in [2.05, 4.69) is 196 Å². The highest BCUT2D eigenvalue weighted by Crippen LogP contribution is 2.47. The van der Waals surface area contributed by atoms with Crippen LogP contribution in [0.1, 0.15) is 121 Å². The number of aromatic nitrogens is 20. The number of nitrogen functional groups attached to an aromatic ring is 5. The molecule has 20 N–H and O–H groups in total. The first-order valence-corrected chi connectivity index (χ1v) is 57.8. The number of nitrogens with zero attached hydrogens (tertiary/aromatic N) is 20. The van der Waals surface area contributed by atoms with Gasteiger partial charge in [0, 0.05) is 19.3 Å². The van der Waals surface area contributed by atoms with Gasteiger partial charge in [0.1, 0.15) is 110 Å². The number of hydrogen-bond donors (Lipinski definition) is 15. The molecule has 0 saturated carbocycles. The van der Waals surface area contributed by atoms with Gasteiger partial charge in [-0.15, -0.1) is 65.9 Å². The molecule has 15 heterocycles. The molecule has 10 aromatic rings. The maximum absolute atomic E-state index is 14.3. The van der Waals surface area contributed by atoms with E-state index >= 15 is 0 Å². The second-order valence-electron chi connectivity index (χ2n) is 36.0. The summed E-state index contributed by atoms with van der Waals surface area (Å²) in [6, 6.07) is 0. The van der Waals surface area contributed by atoms with Crippen LogP contribution < -0.4 is 28.7 Å². The number of nitrogens with two attached hydrogens (primary N) is 5. The van der Waals surface area contributed by atoms with Crippen molar-refractivity contribution in [1.82, 2.24) is 97.6 Å². The average Bonchev–Trinajstić information content (AvgIpc) is 1.61. The molecule has 0 spiro atoms. The molecule has 5 aliphatic rings. The van der Waals surface area contributed by atoms with Crippen LogP contribution in [0.25, 0.3) is 55.8 Å². The number of fused-ring (bicyclic) bond motifs is 5. The number of anilines is 5. The van der Waals surface area contributed by atoms with E-state index in [1.165, 1.54) is 31.6 Å². The van der Waals surface area contributed by atoms with Crippen molar-refractivity contribution in [2.75, 3.05) is 126 Å². The second-order valence-corrected chi connectivity index (χ2v) is 58.3. The summed E-state index contributed by atoms with van der Waals surface area (Å²) in [6.45, 7) is 21.1. The van der Waals surface area contributed by atoms with Gasteiger partial charge >= 0.3 is 0 Å². The fraction of sp³-hybridized carbons (Fsp3) is 0.620. The Bertz CT molecular complexity index is 5570. The van der Waals surface area contributed by atoms with E-state index in [1.54, 1.807) is 18.3 Å². The predicted octanol–water partition coefficient (Wildman–Crippen LogP) is 4.39. The zero-order chi connectivity index (χ0) is 92.5. The fourth-order valence-corrected chi connectivity index (χ4v) is 20.7. The molecule has 0 aromatic carbocycles. The monoisotopic (exact) mass is 1920 g/mol. The number of aliphatic hydroxyl groups excluding tert-OH is 10. The zero-order valence-electron chi connectivity index (χ0n) is 73.6. The van der Waals surface area contributed by atoms with Gasteiger partial charge in [0.25, 0.3) is 6.08 Å². The molecule has 20 atom stereocenters. The smallest absolute Gasteiger partial charge is 0.293 e. The Morgan fingerprint density at radius 1 is 0.333 bits per heavy atom. The fourth-order valence-electron chi connectivity index (χ4n) is 15.4. The summed E-state index contributed by atoms with van der Waals surface area (Å²) >= 11 is 3.34. The molecular weight excluding hydrogens is 1790 g/mol. The third-order valence-electron chi connectivity index (χ3n) is 22.3. The van der Waals surface area contributed by atoms with E-state index in [0.29, 0.717) is 118 Å². The lowest BCUT2D eigenvalue weighted by atomic mass is 10.1. The van der Waals surface area contributed by atoms with Crippen LogP contribution in [0.15, 0.2) is 36.4 Å². The first-order chi connectivity index (χ1) is 59.1. The molecule has 0 bridgehead atoms. The molecule has 696 valence electrons. The number of ether oxygens (including phenoxy) is 5. The van der Waals surface area contributed by atoms with E-state index < -0.39 is 163 Å². The molecule has 47 heteroatoms. The Hall–Kier alpha value is -6.94. The van der Waals surface area contributed by atoms with E-state index in [4.69, 9.17) is 52.4 Å². The van der Waals surface area contributed by atoms with Gasteiger partial charge in [0.05, 0.1) is 30.5 Å². The van der Waals surface area contributed by atoms with E-state index in [1.807, 2.05) is 13.8 Å². The Morgan fingerprint density at radius 3 is 0.849 bits per heavy atom. The average molecular weight is 1920 g/mol. The molecule has 5 aliphatic heterocycles. The summed E-state index contributed by atoms with van der Waals surface area (Å²) in [4.78, 5) is 62.3. The minimum Gasteiger partial charge on any atom is -0.388 e. The quantitative estimate of drug-likeness (QED) is 0.0264. The molecule has 0 unspecified atom stereocenters. The van der Waals surface area contributed by atoms with Crippen LogP contribution in [-0.4, -0.2) is 369 Å². The van der Waals surface area contributed by atoms with Crippen molar-refractivity contribution in [1.29, 1.82) is 0 Å². The van der Waals surface area contributed by atoms with Gasteiger partial charge in [-0.1, -0.05) is 27.2 Å². The van der Waals surface area contributed by atoms with Crippen molar-refractivity contribution in [3.8, 4) is 0 Å². The van der Waals surface area contributed by atoms with Crippen LogP contribution in [0, 0.1) is 6.08 Å². The van der Waals surface area contributed by atoms with Crippen molar-refractivity contribution in [3.63, 3.8) is 0 Å². The van der Waals surface area contributed by atoms with Crippen LogP contribution in [0.3, 0.4) is 0 Å². The number of halogens is 2. The highest BCUT2D eigenvalue weighted by Gasteiger charge is 2.50. The zero-order valence-corrected chi connectivity index (χ0v) is 79.7. The Kier molecular flexibility index (Phi) is 32.3. The molecule has 126 heavy (non-hydrogen) atoms. The van der Waals surface area contributed by atoms with E-state index in [9.17, 15) is 55.5 Å². The maximum Gasteiger partial charge on any atom is 0.293 e. The third kappa shape index (κ3) is 23.0. The van der Waals surface area contributed by atoms with E-state index in [-0.39, 0.29) is 28.6 Å². The van der Waals surface area contributed by atoms with Crippen LogP contribution in [0.5, 0.6) is 0 Å². The summed E-state index contributed by atoms with van der Waals surface area (Å²) in [5.74, 6) is 3.29. The Balaban J connectivity index is 0.000000153. The third-order valence-corrected chi connectivity index (χ3v) is 30.2. The number of unbranched alkanes of at least 4 members (excludes halogenated alkanes) is 1. The lowest BCUT2D eigenvalue weighted by molar-refractivity contribution is -0.0413. The van der Waals surface area contributed by atoms with Crippen molar-refractivity contribution in [2.24, 2.45) is 0 Å². The minimum absolute atomic E-state index is 0.0332. The van der Waals surface area contributed by atoms with Crippen molar-refractivity contribution in [3.05, 3.63) is 59.9 Å². The molecule has 0 amide bonds. The summed E-state index contributed by atoms with van der Waals surface area (Å²) in [5.41, 5.74) is 33.4. The van der Waals surface area contributed by atoms with Gasteiger partial charge in [-0.05, 0) is 158 Å². The summed E-state index contributed by atoms with van der Waals surface area (Å²) < 4.78 is 52.4. The largest absolute Gasteiger partial charge is 0.388 e. The second kappa shape index (κ2) is 40.8. The molecule has 0 aliphatic carbocycles. The van der Waals surface area contributed by atoms with Crippen LogP contribution >= 0.6 is 50.4 Å². The lowest BCUT2D eigenvalue weighted by Crippen LogP contribution is -2.32. The van der Waals surface area contributed by atoms with Gasteiger partial charge in [-0.25, -0.2) is 69.8 Å². The van der Waals surface area contributed by atoms with Crippen molar-refractivity contribution in [2.45, 2.75) is 214 Å². The standard InChI is InChI=1S/C18H30N5O3P.C17H28N5O3P.C16H26N5O3P.C14H21BrN5O3P.C14H21FN5O3P/c1-5-6-7-12-22-13-16(19)20-10-21-17(13)23(12)18-15(25)14(24)11(26-18)8-9-27(2,3)4;1-5-6-11-21-12-15(18)19-9-20-16(12)22(11)17-14(24)13(23)10(25-17)7-8-26(2,3)4;1-5-10-20-11-14(17)18-8-19-15(11)21(10)16-13(23)12(22)9(24-16)6-7-25(2,3)4;2*1-24(2,3)5-4-7-9(21)10(22)13(23-7)20-12-8(19-14(20)15)11(16)17-6-18-12/h10-11,14-15,18,24-25H,2,5-9H2,1,3-4H3,(H2,19,20,21);9-10,13-14,17,23-24H,2,5-8H2,1,3-4H3,(H2,18,19,20);8-9,12-13,16,22-23H,2,5-7H2,1,3-4H3,(H2,17,18,19);2*6-7,9-10,13,21-22H,1,4-5H2,2-3H3,(H2,16,17,18)/t11-,14-,15-,18-;10-,13-,14-,17-;9-,12-,13-,16-;2*7-,9-,10-,13-/m11111/s1. The van der Waals surface area contributed by atoms with Gasteiger partial charge < -0.3 is 103 Å². The van der Waals surface area contributed by atoms with Crippen molar-refractivity contribution < 1.29 is 79.1 Å². The number of hydrogen-bond acceptors (Lipinski definition) is 35. The number of aliphatic hydroxyl groups is 10. The first kappa shape index (κ1) is 99.6. The van der Waals surface area contributed by atoms with Gasteiger partial charge in [-0.2, -0.15) is 9.37 Å². The lowest BCUT2D eigenvalue weighted by Gasteiger charge is -2.20. The van der Waals surface area contributed by atoms with Crippen LogP contribution in [-0.2, 0) is 42.9 Å². The van der Waals surface area contributed by atoms with Crippen LogP contribution in [0.2, 0.25) is 0 Å². The molecule has 10 aromatic heterocycles. The number of rotatable bonds is 26. The molecule has 15 rings (SSSR count). The Labute approximate surface area is 739 Å². The van der Waals surface area contributed by atoms with Crippen molar-refractivity contribution >= 4 is 167 Å². The molecule has 5 saturated heterocycles. The molecule has 40 nitrogen and oxygen atoms in total. The summed E-state index contributed by atoms with van der Waals surface area (Å²) in [6.07, 6.45) is 21.7. The normalized spacial score (nSPS) is 27.1. The van der Waals surface area contributed by atoms with Gasteiger partial charge in [0.2, 0.25) is 0 Å². The summed E-state index contributed by atoms with van der Waals surface area (Å²) in [7, 11) is 0. The van der Waals surface area contributed by atoms with Gasteiger partial charge in [0.15, 0.2) is 121 Å². The SMILES string of the molecule is C=P(C)(C)CC[C@H]1O[C@@H](n2c(Br)nc3c(N)ncnc32)[C@H](O)[C@@H]1O.C=P(C)(C)CC[C@H]1O[C@@H](n2c(CC)nc3c(N)ncnc32)[C@H](O)[C@@H]1O.C=P(C)(C)CC[C@H]1O[C@@H](n2c(CCC)nc3c(N)ncnc32)[C@H](O)[C@@H]1O.C=P(C)(C)CC[C@H]1O[C@@H](n2c(CCCC)nc3c(N)ncnc32)[C@H](O)[C@@H]1O.C=P(C)(C)CC[C@H]1O[C@@H](n2c(F)nc3c(N)ncnc32)[C@H](O)[C@@H]1O. The first-order valence-electron chi connectivity index (χ1n) is 41.7. The highest BCUT2D eigenvalue weighted by molar-refractivity contribution is 9.10. The topological polar surface area (TPSA) is 597 Å². The maximum atomic E-state index is 14.3. The predicted molar refractivity (Wildman–Crippen MR) is 505 cm³/mol. The minimum atomic E-state index is -1.30. The molecule has 0 radical (unpaired) electrons. The highest BCUT2D eigenvalue weighted by atomic mass is 79.9. The van der Waals surface area contributed by atoms with E-state index in [0.717, 1.165) is 66.3 Å². The Morgan fingerprint density at radius 2 is 0.571 bits per heavy atom. The van der Waals surface area contributed by atoms with Gasteiger partial charge in [-0.3, -0.25) is 22.8 Å². The number of imidazole rings is 5.